The van der Waals surface area contributed by atoms with Crippen molar-refractivity contribution in [2.45, 2.75) is 86.0 Å². The van der Waals surface area contributed by atoms with E-state index < -0.39 is 29.7 Å². The standard InChI is InChI=1S/C25H38N4O4/c1-15(2)20(28-24(32)33-25(7,8)9)23(31)29(14-13-26)21(22(30)27-16(3)4)19-12-10-11-17(5)18(19)6/h10-12,15-16,20-21H,14H2,1-9H3,(H,27,30)(H,28,32). The van der Waals surface area contributed by atoms with Crippen LogP contribution in [-0.2, 0) is 14.3 Å². The van der Waals surface area contributed by atoms with E-state index in [1.54, 1.807) is 40.7 Å². The first-order valence-electron chi connectivity index (χ1n) is 11.2. The lowest BCUT2D eigenvalue weighted by Gasteiger charge is -2.35. The summed E-state index contributed by atoms with van der Waals surface area (Å²) in [7, 11) is 0. The maximum Gasteiger partial charge on any atom is 0.408 e. The van der Waals surface area contributed by atoms with Crippen LogP contribution in [0, 0.1) is 31.1 Å². The molecule has 1 aromatic carbocycles. The summed E-state index contributed by atoms with van der Waals surface area (Å²) in [6, 6.07) is 5.37. The van der Waals surface area contributed by atoms with Crippen LogP contribution in [0.15, 0.2) is 18.2 Å². The predicted molar refractivity (Wildman–Crippen MR) is 127 cm³/mol. The second kappa shape index (κ2) is 11.7. The number of amides is 3. The molecule has 0 bridgehead atoms. The Bertz CT molecular complexity index is 897. The highest BCUT2D eigenvalue weighted by molar-refractivity contribution is 5.92. The number of carbonyl (C=O) groups is 3. The largest absolute Gasteiger partial charge is 0.444 e. The van der Waals surface area contributed by atoms with Crippen LogP contribution in [0.3, 0.4) is 0 Å². The maximum atomic E-state index is 13.7. The van der Waals surface area contributed by atoms with Crippen molar-refractivity contribution in [1.29, 1.82) is 5.26 Å². The van der Waals surface area contributed by atoms with Crippen molar-refractivity contribution in [2.75, 3.05) is 6.54 Å². The number of carbonyl (C=O) groups excluding carboxylic acids is 3. The number of rotatable bonds is 8. The molecule has 8 heteroatoms. The lowest BCUT2D eigenvalue weighted by atomic mass is 9.94. The molecule has 0 aliphatic heterocycles. The molecule has 1 rings (SSSR count). The summed E-state index contributed by atoms with van der Waals surface area (Å²) >= 11 is 0. The molecule has 8 nitrogen and oxygen atoms in total. The number of hydrogen-bond donors (Lipinski definition) is 2. The fraction of sp³-hybridized carbons (Fsp3) is 0.600. The quantitative estimate of drug-likeness (QED) is 0.576. The van der Waals surface area contributed by atoms with Crippen molar-refractivity contribution in [3.05, 3.63) is 34.9 Å². The van der Waals surface area contributed by atoms with E-state index in [0.717, 1.165) is 11.1 Å². The van der Waals surface area contributed by atoms with Gasteiger partial charge in [0, 0.05) is 6.04 Å². The predicted octanol–water partition coefficient (Wildman–Crippen LogP) is 3.77. The van der Waals surface area contributed by atoms with E-state index in [2.05, 4.69) is 10.6 Å². The van der Waals surface area contributed by atoms with Crippen molar-refractivity contribution >= 4 is 17.9 Å². The van der Waals surface area contributed by atoms with Crippen LogP contribution in [-0.4, -0.2) is 47.0 Å². The highest BCUT2D eigenvalue weighted by Crippen LogP contribution is 2.28. The molecule has 0 spiro atoms. The van der Waals surface area contributed by atoms with Gasteiger partial charge in [-0.15, -0.1) is 0 Å². The molecular formula is C25H38N4O4. The second-order valence-corrected chi connectivity index (χ2v) is 9.85. The molecule has 0 heterocycles. The zero-order chi connectivity index (χ0) is 25.5. The van der Waals surface area contributed by atoms with Crippen molar-refractivity contribution in [2.24, 2.45) is 5.92 Å². The van der Waals surface area contributed by atoms with Crippen LogP contribution in [0.4, 0.5) is 4.79 Å². The molecule has 182 valence electrons. The van der Waals surface area contributed by atoms with Gasteiger partial charge in [0.05, 0.1) is 6.07 Å². The molecule has 0 saturated heterocycles. The van der Waals surface area contributed by atoms with Gasteiger partial charge in [0.2, 0.25) is 11.8 Å². The molecule has 2 atom stereocenters. The first kappa shape index (κ1) is 28.0. The Morgan fingerprint density at radius 3 is 2.18 bits per heavy atom. The maximum absolute atomic E-state index is 13.7. The van der Waals surface area contributed by atoms with Crippen LogP contribution >= 0.6 is 0 Å². The number of ether oxygens (including phenoxy) is 1. The Labute approximate surface area is 197 Å². The summed E-state index contributed by atoms with van der Waals surface area (Å²) in [5, 5.41) is 15.0. The van der Waals surface area contributed by atoms with Crippen molar-refractivity contribution in [3.63, 3.8) is 0 Å². The Kier molecular flexibility index (Phi) is 9.90. The molecule has 0 radical (unpaired) electrons. The number of nitrogens with one attached hydrogen (secondary N) is 2. The number of alkyl carbamates (subject to hydrolysis) is 1. The molecule has 33 heavy (non-hydrogen) atoms. The van der Waals surface area contributed by atoms with Gasteiger partial charge in [-0.25, -0.2) is 4.79 Å². The Morgan fingerprint density at radius 2 is 1.70 bits per heavy atom. The third-order valence-corrected chi connectivity index (χ3v) is 5.06. The fourth-order valence-corrected chi connectivity index (χ4v) is 3.38. The fourth-order valence-electron chi connectivity index (χ4n) is 3.38. The first-order valence-corrected chi connectivity index (χ1v) is 11.2. The summed E-state index contributed by atoms with van der Waals surface area (Å²) in [6.45, 7) is 15.9. The van der Waals surface area contributed by atoms with Crippen LogP contribution in [0.5, 0.6) is 0 Å². The highest BCUT2D eigenvalue weighted by atomic mass is 16.6. The normalized spacial score (nSPS) is 13.2. The molecule has 0 saturated carbocycles. The summed E-state index contributed by atoms with van der Waals surface area (Å²) < 4.78 is 5.32. The molecule has 0 aliphatic rings. The van der Waals surface area contributed by atoms with E-state index in [1.165, 1.54) is 4.90 Å². The van der Waals surface area contributed by atoms with E-state index in [-0.39, 0.29) is 24.4 Å². The average molecular weight is 459 g/mol. The molecule has 1 aromatic rings. The Balaban J connectivity index is 3.50. The monoisotopic (exact) mass is 458 g/mol. The number of benzene rings is 1. The van der Waals surface area contributed by atoms with Crippen LogP contribution in [0.25, 0.3) is 0 Å². The van der Waals surface area contributed by atoms with Crippen molar-refractivity contribution in [3.8, 4) is 6.07 Å². The van der Waals surface area contributed by atoms with E-state index in [9.17, 15) is 19.6 Å². The van der Waals surface area contributed by atoms with E-state index in [4.69, 9.17) is 4.74 Å². The lowest BCUT2D eigenvalue weighted by molar-refractivity contribution is -0.142. The summed E-state index contributed by atoms with van der Waals surface area (Å²) in [4.78, 5) is 40.7. The number of nitrogens with zero attached hydrogens (tertiary/aromatic N) is 2. The molecule has 2 unspecified atom stereocenters. The molecule has 2 N–H and O–H groups in total. The zero-order valence-corrected chi connectivity index (χ0v) is 21.3. The first-order chi connectivity index (χ1) is 15.2. The summed E-state index contributed by atoms with van der Waals surface area (Å²) in [5.41, 5.74) is 1.72. The van der Waals surface area contributed by atoms with Crippen molar-refractivity contribution in [1.82, 2.24) is 15.5 Å². The van der Waals surface area contributed by atoms with Crippen LogP contribution < -0.4 is 10.6 Å². The topological polar surface area (TPSA) is 112 Å². The second-order valence-electron chi connectivity index (χ2n) is 9.85. The Morgan fingerprint density at radius 1 is 1.09 bits per heavy atom. The van der Waals surface area contributed by atoms with Gasteiger partial charge in [0.15, 0.2) is 0 Å². The van der Waals surface area contributed by atoms with Gasteiger partial charge in [-0.1, -0.05) is 32.0 Å². The van der Waals surface area contributed by atoms with E-state index >= 15 is 0 Å². The number of hydrogen-bond acceptors (Lipinski definition) is 5. The van der Waals surface area contributed by atoms with Crippen molar-refractivity contribution < 1.29 is 19.1 Å². The lowest BCUT2D eigenvalue weighted by Crippen LogP contribution is -2.55. The molecule has 3 amide bonds. The van der Waals surface area contributed by atoms with Crippen LogP contribution in [0.1, 0.15) is 71.2 Å². The smallest absolute Gasteiger partial charge is 0.408 e. The summed E-state index contributed by atoms with van der Waals surface area (Å²) in [6.07, 6.45) is -0.735. The third kappa shape index (κ3) is 8.08. The van der Waals surface area contributed by atoms with Gasteiger partial charge in [0.1, 0.15) is 24.2 Å². The zero-order valence-electron chi connectivity index (χ0n) is 21.3. The third-order valence-electron chi connectivity index (χ3n) is 5.06. The van der Waals surface area contributed by atoms with Gasteiger partial charge >= 0.3 is 6.09 Å². The minimum absolute atomic E-state index is 0.162. The minimum Gasteiger partial charge on any atom is -0.444 e. The molecule has 0 fully saturated rings. The molecule has 0 aliphatic carbocycles. The van der Waals surface area contributed by atoms with Gasteiger partial charge < -0.3 is 20.3 Å². The van der Waals surface area contributed by atoms with Crippen LogP contribution in [0.2, 0.25) is 0 Å². The van der Waals surface area contributed by atoms with E-state index in [1.807, 2.05) is 45.9 Å². The van der Waals surface area contributed by atoms with Gasteiger partial charge in [-0.2, -0.15) is 5.26 Å². The average Bonchev–Trinajstić information content (AvgIpc) is 2.66. The summed E-state index contributed by atoms with van der Waals surface area (Å²) in [5.74, 6) is -1.22. The van der Waals surface area contributed by atoms with Gasteiger partial charge in [-0.3, -0.25) is 9.59 Å². The number of aryl methyl sites for hydroxylation is 1. The Hall–Kier alpha value is -3.08. The van der Waals surface area contributed by atoms with Gasteiger partial charge in [0.25, 0.3) is 0 Å². The number of nitriles is 1. The minimum atomic E-state index is -1.03. The molecule has 0 aromatic heterocycles. The highest BCUT2D eigenvalue weighted by Gasteiger charge is 2.38. The van der Waals surface area contributed by atoms with E-state index in [0.29, 0.717) is 5.56 Å². The SMILES string of the molecule is Cc1cccc(C(C(=O)NC(C)C)N(CC#N)C(=O)C(NC(=O)OC(C)(C)C)C(C)C)c1C. The van der Waals surface area contributed by atoms with Gasteiger partial charge in [-0.05, 0) is 71.1 Å². The molecular weight excluding hydrogens is 420 g/mol.